The second-order valence-electron chi connectivity index (χ2n) is 4.02. The van der Waals surface area contributed by atoms with Crippen LogP contribution in [0.25, 0.3) is 22.2 Å². The van der Waals surface area contributed by atoms with Crippen molar-refractivity contribution in [3.63, 3.8) is 0 Å². The summed E-state index contributed by atoms with van der Waals surface area (Å²) in [5, 5.41) is 1.46. The molecule has 6 heteroatoms. The van der Waals surface area contributed by atoms with Gasteiger partial charge >= 0.3 is 0 Å². The Kier molecular flexibility index (Phi) is 2.83. The van der Waals surface area contributed by atoms with E-state index in [2.05, 4.69) is 21.1 Å². The predicted octanol–water partition coefficient (Wildman–Crippen LogP) is 2.49. The third-order valence-electron chi connectivity index (χ3n) is 2.97. The van der Waals surface area contributed by atoms with Gasteiger partial charge in [0.05, 0.1) is 30.1 Å². The van der Waals surface area contributed by atoms with E-state index in [9.17, 15) is 0 Å². The van der Waals surface area contributed by atoms with E-state index in [1.807, 2.05) is 23.7 Å². The van der Waals surface area contributed by atoms with Crippen molar-refractivity contribution in [1.82, 2.24) is 19.5 Å². The zero-order valence-electron chi connectivity index (χ0n) is 10.4. The lowest BCUT2D eigenvalue weighted by Gasteiger charge is -2.07. The van der Waals surface area contributed by atoms with Crippen LogP contribution in [0.15, 0.2) is 24.7 Å². The van der Waals surface area contributed by atoms with Gasteiger partial charge in [-0.3, -0.25) is 0 Å². The first-order valence-electron chi connectivity index (χ1n) is 5.58. The minimum absolute atomic E-state index is 0.463. The van der Waals surface area contributed by atoms with Gasteiger partial charge in [-0.2, -0.15) is 0 Å². The van der Waals surface area contributed by atoms with E-state index in [1.165, 1.54) is 6.33 Å². The summed E-state index contributed by atoms with van der Waals surface area (Å²) < 4.78 is 7.22. The average molecular weight is 274 g/mol. The number of hydrogen-bond donors (Lipinski definition) is 0. The van der Waals surface area contributed by atoms with Crippen LogP contribution in [-0.2, 0) is 7.05 Å². The number of ether oxygens (including phenoxy) is 1. The molecule has 0 aliphatic heterocycles. The highest BCUT2D eigenvalue weighted by Gasteiger charge is 2.14. The molecule has 95 valence electrons. The van der Waals surface area contributed by atoms with Gasteiger partial charge < -0.3 is 9.30 Å². The normalized spacial score (nSPS) is 10.9. The van der Waals surface area contributed by atoms with E-state index in [-0.39, 0.29) is 0 Å². The highest BCUT2D eigenvalue weighted by atomic mass is 35.5. The van der Waals surface area contributed by atoms with Crippen LogP contribution < -0.4 is 4.74 Å². The summed E-state index contributed by atoms with van der Waals surface area (Å²) in [5.41, 5.74) is 2.58. The van der Waals surface area contributed by atoms with Crippen molar-refractivity contribution in [2.45, 2.75) is 0 Å². The fourth-order valence-corrected chi connectivity index (χ4v) is 2.22. The third kappa shape index (κ3) is 1.92. The average Bonchev–Trinajstić information content (AvgIpc) is 2.75. The topological polar surface area (TPSA) is 52.8 Å². The first-order chi connectivity index (χ1) is 9.20. The summed E-state index contributed by atoms with van der Waals surface area (Å²) >= 11 is 5.91. The number of fused-ring (bicyclic) bond motifs is 1. The van der Waals surface area contributed by atoms with Crippen LogP contribution in [-0.4, -0.2) is 26.6 Å². The van der Waals surface area contributed by atoms with Crippen LogP contribution in [0.5, 0.6) is 5.88 Å². The van der Waals surface area contributed by atoms with E-state index >= 15 is 0 Å². The van der Waals surface area contributed by atoms with Crippen LogP contribution in [0.3, 0.4) is 0 Å². The Morgan fingerprint density at radius 1 is 1.32 bits per heavy atom. The molecule has 0 saturated carbocycles. The molecule has 0 aromatic carbocycles. The van der Waals surface area contributed by atoms with E-state index < -0.39 is 0 Å². The molecule has 0 spiro atoms. The summed E-state index contributed by atoms with van der Waals surface area (Å²) in [5.74, 6) is 0.486. The van der Waals surface area contributed by atoms with E-state index in [0.717, 1.165) is 16.6 Å². The molecule has 0 aliphatic carbocycles. The van der Waals surface area contributed by atoms with Gasteiger partial charge in [0, 0.05) is 12.4 Å². The lowest BCUT2D eigenvalue weighted by atomic mass is 10.2. The first-order valence-corrected chi connectivity index (χ1v) is 5.96. The van der Waals surface area contributed by atoms with E-state index in [0.29, 0.717) is 16.6 Å². The highest BCUT2D eigenvalue weighted by molar-refractivity contribution is 6.30. The van der Waals surface area contributed by atoms with Crippen molar-refractivity contribution < 1.29 is 4.74 Å². The minimum Gasteiger partial charge on any atom is -0.480 e. The maximum absolute atomic E-state index is 5.91. The molecule has 0 atom stereocenters. The lowest BCUT2D eigenvalue weighted by Crippen LogP contribution is -1.97. The van der Waals surface area contributed by atoms with Crippen molar-refractivity contribution in [3.8, 4) is 17.1 Å². The maximum Gasteiger partial charge on any atom is 0.226 e. The molecule has 0 amide bonds. The predicted molar refractivity (Wildman–Crippen MR) is 72.1 cm³/mol. The number of aryl methyl sites for hydroxylation is 1. The maximum atomic E-state index is 5.91. The monoisotopic (exact) mass is 273 g/mol. The zero-order chi connectivity index (χ0) is 13.4. The van der Waals surface area contributed by atoms with Crippen LogP contribution in [0.4, 0.5) is 0 Å². The molecule has 0 aliphatic rings. The molecule has 3 rings (SSSR count). The standard InChI is InChI=1S/C13H10ClN4O/c1-18-10(9-5-15-7-17-13(9)19-2)3-8-4-12(14)16-6-11(8)18/h3-4,6-7H,1-2H3. The Morgan fingerprint density at radius 3 is 2.95 bits per heavy atom. The van der Waals surface area contributed by atoms with Gasteiger partial charge in [0.1, 0.15) is 17.7 Å². The molecule has 0 N–H and O–H groups in total. The Morgan fingerprint density at radius 2 is 2.16 bits per heavy atom. The quantitative estimate of drug-likeness (QED) is 0.673. The zero-order valence-corrected chi connectivity index (χ0v) is 11.1. The SMILES string of the molecule is COc1ncn[c]c1-c1cc2cc(Cl)ncc2n1C. The van der Waals surface area contributed by atoms with E-state index in [1.54, 1.807) is 13.3 Å². The molecule has 19 heavy (non-hydrogen) atoms. The molecule has 3 aromatic heterocycles. The summed E-state index contributed by atoms with van der Waals surface area (Å²) in [4.78, 5) is 12.1. The second kappa shape index (κ2) is 4.51. The fraction of sp³-hybridized carbons (Fsp3) is 0.154. The Balaban J connectivity index is 2.28. The summed E-state index contributed by atoms with van der Waals surface area (Å²) in [6, 6.07) is 3.80. The first kappa shape index (κ1) is 11.9. The molecule has 0 bridgehead atoms. The number of methoxy groups -OCH3 is 1. The Bertz CT molecular complexity index is 753. The van der Waals surface area contributed by atoms with Crippen molar-refractivity contribution >= 4 is 22.5 Å². The second-order valence-corrected chi connectivity index (χ2v) is 4.41. The molecule has 5 nitrogen and oxygen atoms in total. The molecule has 0 fully saturated rings. The molecule has 0 unspecified atom stereocenters. The van der Waals surface area contributed by atoms with Crippen LogP contribution in [0.1, 0.15) is 0 Å². The number of hydrogen-bond acceptors (Lipinski definition) is 4. The van der Waals surface area contributed by atoms with Crippen molar-refractivity contribution in [1.29, 1.82) is 0 Å². The van der Waals surface area contributed by atoms with Crippen LogP contribution >= 0.6 is 11.6 Å². The van der Waals surface area contributed by atoms with E-state index in [4.69, 9.17) is 16.3 Å². The van der Waals surface area contributed by atoms with Crippen LogP contribution in [0, 0.1) is 6.20 Å². The van der Waals surface area contributed by atoms with Gasteiger partial charge in [-0.25, -0.2) is 15.0 Å². The van der Waals surface area contributed by atoms with Gasteiger partial charge in [-0.05, 0) is 12.1 Å². The Hall–Kier alpha value is -2.14. The summed E-state index contributed by atoms with van der Waals surface area (Å²) in [6.45, 7) is 0. The molecular formula is C13H10ClN4O. The molecule has 1 radical (unpaired) electrons. The van der Waals surface area contributed by atoms with Gasteiger partial charge in [0.15, 0.2) is 0 Å². The fourth-order valence-electron chi connectivity index (χ4n) is 2.06. The number of halogens is 1. The number of aromatic nitrogens is 4. The van der Waals surface area contributed by atoms with Crippen LogP contribution in [0.2, 0.25) is 5.15 Å². The summed E-state index contributed by atoms with van der Waals surface area (Å²) in [7, 11) is 3.51. The number of nitrogens with zero attached hydrogens (tertiary/aromatic N) is 4. The van der Waals surface area contributed by atoms with Gasteiger partial charge in [0.2, 0.25) is 5.88 Å². The molecule has 3 aromatic rings. The minimum atomic E-state index is 0.463. The molecular weight excluding hydrogens is 264 g/mol. The third-order valence-corrected chi connectivity index (χ3v) is 3.17. The van der Waals surface area contributed by atoms with Gasteiger partial charge in [0.25, 0.3) is 0 Å². The van der Waals surface area contributed by atoms with Crippen molar-refractivity contribution in [3.05, 3.63) is 36.0 Å². The van der Waals surface area contributed by atoms with Crippen molar-refractivity contribution in [2.24, 2.45) is 7.05 Å². The smallest absolute Gasteiger partial charge is 0.226 e. The molecule has 3 heterocycles. The lowest BCUT2D eigenvalue weighted by molar-refractivity contribution is 0.398. The largest absolute Gasteiger partial charge is 0.480 e. The van der Waals surface area contributed by atoms with Gasteiger partial charge in [-0.1, -0.05) is 11.6 Å². The number of rotatable bonds is 2. The number of pyridine rings is 1. The van der Waals surface area contributed by atoms with Gasteiger partial charge in [-0.15, -0.1) is 0 Å². The molecule has 0 saturated heterocycles. The highest BCUT2D eigenvalue weighted by Crippen LogP contribution is 2.31. The Labute approximate surface area is 114 Å². The summed E-state index contributed by atoms with van der Waals surface area (Å²) in [6.07, 6.45) is 6.05. The van der Waals surface area contributed by atoms with Crippen molar-refractivity contribution in [2.75, 3.05) is 7.11 Å².